The van der Waals surface area contributed by atoms with Crippen LogP contribution in [0.25, 0.3) is 120 Å². The molecule has 0 saturated heterocycles. The summed E-state index contributed by atoms with van der Waals surface area (Å²) in [6.07, 6.45) is 0. The maximum absolute atomic E-state index is 2.57. The van der Waals surface area contributed by atoms with E-state index in [4.69, 9.17) is 0 Å². The Labute approximate surface area is 352 Å². The van der Waals surface area contributed by atoms with Crippen LogP contribution in [0.3, 0.4) is 0 Å². The van der Waals surface area contributed by atoms with Gasteiger partial charge >= 0.3 is 0 Å². The van der Waals surface area contributed by atoms with E-state index in [-0.39, 0.29) is 0 Å². The molecule has 0 aromatic heterocycles. The van der Waals surface area contributed by atoms with Gasteiger partial charge in [-0.15, -0.1) is 0 Å². The van der Waals surface area contributed by atoms with Crippen LogP contribution in [0.5, 0.6) is 0 Å². The van der Waals surface area contributed by atoms with Crippen LogP contribution in [-0.4, -0.2) is 0 Å². The second-order valence-corrected chi connectivity index (χ2v) is 17.5. The summed E-state index contributed by atoms with van der Waals surface area (Å²) in [5, 5.41) is 18.3. The molecule has 0 amide bonds. The molecule has 2 aliphatic carbocycles. The molecule has 0 aliphatic heterocycles. The summed E-state index contributed by atoms with van der Waals surface area (Å²) < 4.78 is 0. The van der Waals surface area contributed by atoms with Crippen LogP contribution in [0.1, 0.15) is 22.3 Å². The minimum atomic E-state index is -0.473. The normalized spacial score (nSPS) is 13.7. The number of rotatable bonds is 2. The van der Waals surface area contributed by atoms with Crippen molar-refractivity contribution in [1.82, 2.24) is 0 Å². The first-order valence-corrected chi connectivity index (χ1v) is 21.5. The third-order valence-electron chi connectivity index (χ3n) is 14.7. The Kier molecular flexibility index (Phi) is 5.93. The van der Waals surface area contributed by atoms with E-state index in [0.29, 0.717) is 0 Å². The van der Waals surface area contributed by atoms with Crippen molar-refractivity contribution in [2.45, 2.75) is 5.41 Å². The van der Waals surface area contributed by atoms with Crippen LogP contribution < -0.4 is 0 Å². The molecule has 0 fully saturated rings. The lowest BCUT2D eigenvalue weighted by molar-refractivity contribution is 0.795. The van der Waals surface area contributed by atoms with Crippen LogP contribution >= 0.6 is 0 Å². The van der Waals surface area contributed by atoms with Crippen LogP contribution in [0.15, 0.2) is 206 Å². The highest BCUT2D eigenvalue weighted by Crippen LogP contribution is 2.64. The molecular formula is C61H34. The Balaban J connectivity index is 0.995. The first-order chi connectivity index (χ1) is 30.2. The predicted octanol–water partition coefficient (Wildman–Crippen LogP) is 16.3. The highest BCUT2D eigenvalue weighted by Gasteiger charge is 2.51. The third-order valence-corrected chi connectivity index (χ3v) is 14.7. The maximum Gasteiger partial charge on any atom is 0.0725 e. The first-order valence-electron chi connectivity index (χ1n) is 21.5. The van der Waals surface area contributed by atoms with Crippen LogP contribution in [0.4, 0.5) is 0 Å². The Morgan fingerprint density at radius 2 is 0.639 bits per heavy atom. The smallest absolute Gasteiger partial charge is 0.0619 e. The van der Waals surface area contributed by atoms with E-state index in [1.54, 1.807) is 0 Å². The van der Waals surface area contributed by atoms with Crippen molar-refractivity contribution >= 4 is 75.4 Å². The summed E-state index contributed by atoms with van der Waals surface area (Å²) in [5.41, 5.74) is 15.3. The number of hydrogen-bond donors (Lipinski definition) is 0. The second kappa shape index (κ2) is 11.3. The molecule has 0 saturated carbocycles. The van der Waals surface area contributed by atoms with Gasteiger partial charge in [0.05, 0.1) is 5.41 Å². The van der Waals surface area contributed by atoms with Gasteiger partial charge in [0.1, 0.15) is 0 Å². The molecule has 0 nitrogen and oxygen atoms in total. The monoisotopic (exact) mass is 766 g/mol. The lowest BCUT2D eigenvalue weighted by atomic mass is 9.70. The van der Waals surface area contributed by atoms with Gasteiger partial charge in [0.2, 0.25) is 0 Å². The average molecular weight is 767 g/mol. The molecule has 278 valence electrons. The predicted molar refractivity (Wildman–Crippen MR) is 259 cm³/mol. The molecule has 0 bridgehead atoms. The Morgan fingerprint density at radius 3 is 1.21 bits per heavy atom. The van der Waals surface area contributed by atoms with E-state index in [0.717, 1.165) is 0 Å². The van der Waals surface area contributed by atoms with E-state index in [1.165, 1.54) is 142 Å². The van der Waals surface area contributed by atoms with E-state index in [1.807, 2.05) is 0 Å². The highest BCUT2D eigenvalue weighted by atomic mass is 14.5. The van der Waals surface area contributed by atoms with Crippen molar-refractivity contribution in [3.8, 4) is 44.5 Å². The molecule has 0 N–H and O–H groups in total. The molecule has 1 spiro atoms. The van der Waals surface area contributed by atoms with Gasteiger partial charge < -0.3 is 0 Å². The zero-order chi connectivity index (χ0) is 39.6. The molecule has 0 heteroatoms. The largest absolute Gasteiger partial charge is 0.0725 e. The second-order valence-electron chi connectivity index (χ2n) is 17.5. The van der Waals surface area contributed by atoms with Gasteiger partial charge in [-0.05, 0) is 185 Å². The van der Waals surface area contributed by atoms with Crippen molar-refractivity contribution in [2.24, 2.45) is 0 Å². The Bertz CT molecular complexity index is 3880. The van der Waals surface area contributed by atoms with Crippen molar-refractivity contribution in [2.75, 3.05) is 0 Å². The van der Waals surface area contributed by atoms with Crippen LogP contribution in [0, 0.1) is 0 Å². The summed E-state index contributed by atoms with van der Waals surface area (Å²) in [5.74, 6) is 0. The fourth-order valence-electron chi connectivity index (χ4n) is 12.2. The van der Waals surface area contributed by atoms with Gasteiger partial charge in [0.25, 0.3) is 0 Å². The van der Waals surface area contributed by atoms with Crippen molar-refractivity contribution in [3.63, 3.8) is 0 Å². The lowest BCUT2D eigenvalue weighted by Crippen LogP contribution is -2.26. The van der Waals surface area contributed by atoms with Gasteiger partial charge in [-0.25, -0.2) is 0 Å². The molecule has 0 radical (unpaired) electrons. The summed E-state index contributed by atoms with van der Waals surface area (Å²) >= 11 is 0. The summed E-state index contributed by atoms with van der Waals surface area (Å²) in [4.78, 5) is 0. The molecule has 0 heterocycles. The minimum absolute atomic E-state index is 0.473. The summed E-state index contributed by atoms with van der Waals surface area (Å²) in [6.45, 7) is 0. The zero-order valence-corrected chi connectivity index (χ0v) is 33.1. The van der Waals surface area contributed by atoms with Crippen molar-refractivity contribution < 1.29 is 0 Å². The van der Waals surface area contributed by atoms with E-state index in [2.05, 4.69) is 206 Å². The zero-order valence-electron chi connectivity index (χ0n) is 33.1. The number of fused-ring (bicyclic) bond motifs is 11. The van der Waals surface area contributed by atoms with Gasteiger partial charge in [-0.3, -0.25) is 0 Å². The molecular weight excluding hydrogens is 733 g/mol. The average Bonchev–Trinajstić information content (AvgIpc) is 3.78. The van der Waals surface area contributed by atoms with E-state index < -0.39 is 5.41 Å². The number of benzene rings is 13. The summed E-state index contributed by atoms with van der Waals surface area (Å²) in [7, 11) is 0. The van der Waals surface area contributed by atoms with Crippen molar-refractivity contribution in [1.29, 1.82) is 0 Å². The SMILES string of the molecule is c1ccc2c(c1)-c1ccccc1C21c2cc(-c3cc4ccc5cccc6ccc(c3)c4c56)ccc2-c2cc3cccc(-c4cc5ccc6cccc7ccc(c4)c5c67)c3cc21. The fourth-order valence-corrected chi connectivity index (χ4v) is 12.2. The molecule has 13 aromatic carbocycles. The van der Waals surface area contributed by atoms with E-state index in [9.17, 15) is 0 Å². The molecule has 2 aliphatic rings. The van der Waals surface area contributed by atoms with Crippen LogP contribution in [0.2, 0.25) is 0 Å². The van der Waals surface area contributed by atoms with Gasteiger partial charge in [-0.1, -0.05) is 164 Å². The third kappa shape index (κ3) is 4.01. The highest BCUT2D eigenvalue weighted by molar-refractivity contribution is 6.25. The van der Waals surface area contributed by atoms with E-state index >= 15 is 0 Å². The lowest BCUT2D eigenvalue weighted by Gasteiger charge is -2.31. The molecule has 61 heavy (non-hydrogen) atoms. The Hall–Kier alpha value is -7.80. The molecule has 15 rings (SSSR count). The number of hydrogen-bond acceptors (Lipinski definition) is 0. The topological polar surface area (TPSA) is 0 Å². The molecule has 0 unspecified atom stereocenters. The fraction of sp³-hybridized carbons (Fsp3) is 0.0164. The Morgan fingerprint density at radius 1 is 0.213 bits per heavy atom. The first kappa shape index (κ1) is 32.1. The summed E-state index contributed by atoms with van der Waals surface area (Å²) in [6, 6.07) is 78.9. The standard InChI is InChI=1S/C61H34/c1-3-16-53-48(13-1)49-14-2-4-17-54(49)61(53)55-33-39(45-28-41-22-18-35-8-5-9-36-19-23-42(29-45)59(41)57(35)36)26-27-50(55)52-32-40-12-7-15-47(51(40)34-56(52)61)46-30-43-24-20-37-10-6-11-38-21-25-44(31-46)60(43)58(37)38/h1-34H. The molecule has 0 atom stereocenters. The van der Waals surface area contributed by atoms with Gasteiger partial charge in [0, 0.05) is 0 Å². The van der Waals surface area contributed by atoms with Gasteiger partial charge in [0.15, 0.2) is 0 Å². The maximum atomic E-state index is 2.57. The van der Waals surface area contributed by atoms with Gasteiger partial charge in [-0.2, -0.15) is 0 Å². The minimum Gasteiger partial charge on any atom is -0.0619 e. The van der Waals surface area contributed by atoms with Crippen molar-refractivity contribution in [3.05, 3.63) is 229 Å². The molecule has 13 aromatic rings. The van der Waals surface area contributed by atoms with Crippen LogP contribution in [-0.2, 0) is 5.41 Å². The quantitative estimate of drug-likeness (QED) is 0.154.